The molecule has 3 aromatic rings. The zero-order chi connectivity index (χ0) is 25.6. The maximum Gasteiger partial charge on any atom is 0.254 e. The number of hydrogen-bond acceptors (Lipinski definition) is 6. The molecule has 0 aliphatic carbocycles. The van der Waals surface area contributed by atoms with Gasteiger partial charge in [0.15, 0.2) is 5.82 Å². The first-order chi connectivity index (χ1) is 18.1. The molecule has 0 N–H and O–H groups in total. The molecule has 2 aliphatic rings. The third-order valence-electron chi connectivity index (χ3n) is 6.83. The van der Waals surface area contributed by atoms with E-state index in [1.165, 1.54) is 0 Å². The zero-order valence-electron chi connectivity index (χ0n) is 20.6. The molecule has 8 nitrogen and oxygen atoms in total. The normalized spacial score (nSPS) is 17.6. The molecule has 1 aromatic heterocycles. The molecule has 2 amide bonds. The smallest absolute Gasteiger partial charge is 0.254 e. The van der Waals surface area contributed by atoms with Gasteiger partial charge in [-0.15, -0.1) is 10.2 Å². The fourth-order valence-corrected chi connectivity index (χ4v) is 4.86. The molecule has 2 aliphatic heterocycles. The van der Waals surface area contributed by atoms with Gasteiger partial charge < -0.3 is 19.4 Å². The highest BCUT2D eigenvalue weighted by atomic mass is 35.5. The van der Waals surface area contributed by atoms with Crippen molar-refractivity contribution in [1.82, 2.24) is 20.0 Å². The lowest BCUT2D eigenvalue weighted by atomic mass is 10.1. The third-order valence-corrected chi connectivity index (χ3v) is 7.08. The van der Waals surface area contributed by atoms with Crippen molar-refractivity contribution in [2.24, 2.45) is 0 Å². The molecule has 0 spiro atoms. The van der Waals surface area contributed by atoms with Gasteiger partial charge in [-0.25, -0.2) is 0 Å². The number of amides is 2. The highest BCUT2D eigenvalue weighted by molar-refractivity contribution is 6.30. The van der Waals surface area contributed by atoms with E-state index < -0.39 is 0 Å². The lowest BCUT2D eigenvalue weighted by molar-refractivity contribution is -0.132. The predicted octanol–water partition coefficient (Wildman–Crippen LogP) is 3.77. The van der Waals surface area contributed by atoms with E-state index in [2.05, 4.69) is 15.1 Å². The SMILES string of the molecule is O=C(CN(CC1CCCO1)C(=O)c1ccc(Cl)cc1)N1CCN(c2ccc(-c3ccccc3)nn2)CC1. The molecule has 9 heteroatoms. The van der Waals surface area contributed by atoms with E-state index in [1.807, 2.05) is 47.4 Å². The summed E-state index contributed by atoms with van der Waals surface area (Å²) >= 11 is 5.99. The Bertz CT molecular complexity index is 1190. The van der Waals surface area contributed by atoms with Crippen LogP contribution in [0.25, 0.3) is 11.3 Å². The third kappa shape index (κ3) is 6.26. The summed E-state index contributed by atoms with van der Waals surface area (Å²) < 4.78 is 5.76. The van der Waals surface area contributed by atoms with Crippen LogP contribution in [0.5, 0.6) is 0 Å². The Hall–Kier alpha value is -3.49. The summed E-state index contributed by atoms with van der Waals surface area (Å²) in [5, 5.41) is 9.36. The number of carbonyl (C=O) groups is 2. The van der Waals surface area contributed by atoms with Gasteiger partial charge in [0.25, 0.3) is 5.91 Å². The number of ether oxygens (including phenoxy) is 1. The van der Waals surface area contributed by atoms with Gasteiger partial charge in [0.1, 0.15) is 6.54 Å². The van der Waals surface area contributed by atoms with Crippen LogP contribution in [0.3, 0.4) is 0 Å². The van der Waals surface area contributed by atoms with Crippen LogP contribution in [-0.4, -0.2) is 83.8 Å². The minimum Gasteiger partial charge on any atom is -0.376 e. The van der Waals surface area contributed by atoms with Crippen LogP contribution in [0.4, 0.5) is 5.82 Å². The Labute approximate surface area is 221 Å². The summed E-state index contributed by atoms with van der Waals surface area (Å²) in [5.41, 5.74) is 2.37. The molecule has 2 fully saturated rings. The monoisotopic (exact) mass is 519 g/mol. The molecular weight excluding hydrogens is 490 g/mol. The van der Waals surface area contributed by atoms with Gasteiger partial charge in [0.05, 0.1) is 11.8 Å². The van der Waals surface area contributed by atoms with Crippen LogP contribution in [0.1, 0.15) is 23.2 Å². The Morgan fingerprint density at radius 3 is 2.35 bits per heavy atom. The van der Waals surface area contributed by atoms with Gasteiger partial charge in [0, 0.05) is 55.5 Å². The molecule has 0 radical (unpaired) electrons. The summed E-state index contributed by atoms with van der Waals surface area (Å²) in [5.74, 6) is 0.545. The van der Waals surface area contributed by atoms with Gasteiger partial charge in [-0.1, -0.05) is 41.9 Å². The summed E-state index contributed by atoms with van der Waals surface area (Å²) in [4.78, 5) is 32.1. The van der Waals surface area contributed by atoms with E-state index in [9.17, 15) is 9.59 Å². The van der Waals surface area contributed by atoms with E-state index in [0.717, 1.165) is 29.9 Å². The standard InChI is InChI=1S/C28H30ClN5O3/c29-23-10-8-22(9-11-23)28(36)34(19-24-7-4-18-37-24)20-27(35)33-16-14-32(15-17-33)26-13-12-25(30-31-26)21-5-2-1-3-6-21/h1-3,5-6,8-13,24H,4,7,14-20H2. The van der Waals surface area contributed by atoms with Gasteiger partial charge in [0.2, 0.25) is 5.91 Å². The molecule has 0 bridgehead atoms. The number of piperazine rings is 1. The summed E-state index contributed by atoms with van der Waals surface area (Å²) in [6.45, 7) is 3.54. The predicted molar refractivity (Wildman–Crippen MR) is 143 cm³/mol. The molecule has 2 saturated heterocycles. The molecule has 192 valence electrons. The van der Waals surface area contributed by atoms with E-state index in [0.29, 0.717) is 49.9 Å². The highest BCUT2D eigenvalue weighted by Gasteiger charge is 2.28. The Morgan fingerprint density at radius 2 is 1.70 bits per heavy atom. The van der Waals surface area contributed by atoms with Crippen LogP contribution in [0, 0.1) is 0 Å². The average Bonchev–Trinajstić information content (AvgIpc) is 3.47. The molecule has 5 rings (SSSR count). The summed E-state index contributed by atoms with van der Waals surface area (Å²) in [6.07, 6.45) is 1.82. The van der Waals surface area contributed by atoms with Crippen LogP contribution in [-0.2, 0) is 9.53 Å². The first kappa shape index (κ1) is 25.2. The number of rotatable bonds is 7. The minimum absolute atomic E-state index is 0.0207. The topological polar surface area (TPSA) is 78.9 Å². The lowest BCUT2D eigenvalue weighted by Gasteiger charge is -2.36. The van der Waals surface area contributed by atoms with Gasteiger partial charge >= 0.3 is 0 Å². The molecule has 0 saturated carbocycles. The summed E-state index contributed by atoms with van der Waals surface area (Å²) in [6, 6.07) is 20.7. The fraction of sp³-hybridized carbons (Fsp3) is 0.357. The number of aromatic nitrogens is 2. The van der Waals surface area contributed by atoms with Crippen molar-refractivity contribution >= 4 is 29.2 Å². The van der Waals surface area contributed by atoms with Crippen molar-refractivity contribution < 1.29 is 14.3 Å². The van der Waals surface area contributed by atoms with Crippen molar-refractivity contribution in [1.29, 1.82) is 0 Å². The van der Waals surface area contributed by atoms with Gasteiger partial charge in [-0.2, -0.15) is 0 Å². The first-order valence-electron chi connectivity index (χ1n) is 12.6. The number of nitrogens with zero attached hydrogens (tertiary/aromatic N) is 5. The van der Waals surface area contributed by atoms with Crippen LogP contribution in [0.2, 0.25) is 5.02 Å². The molecule has 1 unspecified atom stereocenters. The second-order valence-electron chi connectivity index (χ2n) is 9.34. The molecule has 1 atom stereocenters. The van der Waals surface area contributed by atoms with E-state index >= 15 is 0 Å². The first-order valence-corrected chi connectivity index (χ1v) is 13.0. The molecular formula is C28H30ClN5O3. The van der Waals surface area contributed by atoms with Crippen molar-refractivity contribution in [3.63, 3.8) is 0 Å². The number of hydrogen-bond donors (Lipinski definition) is 0. The number of benzene rings is 2. The summed E-state index contributed by atoms with van der Waals surface area (Å²) in [7, 11) is 0. The van der Waals surface area contributed by atoms with E-state index in [1.54, 1.807) is 29.2 Å². The molecule has 37 heavy (non-hydrogen) atoms. The average molecular weight is 520 g/mol. The van der Waals surface area contributed by atoms with Crippen LogP contribution < -0.4 is 4.90 Å². The zero-order valence-corrected chi connectivity index (χ0v) is 21.4. The highest BCUT2D eigenvalue weighted by Crippen LogP contribution is 2.20. The fourth-order valence-electron chi connectivity index (χ4n) is 4.73. The Morgan fingerprint density at radius 1 is 0.946 bits per heavy atom. The second-order valence-corrected chi connectivity index (χ2v) is 9.77. The van der Waals surface area contributed by atoms with E-state index in [4.69, 9.17) is 16.3 Å². The Balaban J connectivity index is 1.19. The van der Waals surface area contributed by atoms with Crippen LogP contribution >= 0.6 is 11.6 Å². The molecule has 3 heterocycles. The lowest BCUT2D eigenvalue weighted by Crippen LogP contribution is -2.52. The van der Waals surface area contributed by atoms with Crippen LogP contribution in [0.15, 0.2) is 66.7 Å². The quantitative estimate of drug-likeness (QED) is 0.473. The minimum atomic E-state index is -0.187. The van der Waals surface area contributed by atoms with E-state index in [-0.39, 0.29) is 24.5 Å². The number of halogens is 1. The number of carbonyl (C=O) groups excluding carboxylic acids is 2. The van der Waals surface area contributed by atoms with Crippen molar-refractivity contribution in [3.8, 4) is 11.3 Å². The van der Waals surface area contributed by atoms with Crippen molar-refractivity contribution in [3.05, 3.63) is 77.3 Å². The van der Waals surface area contributed by atoms with Crippen molar-refractivity contribution in [2.45, 2.75) is 18.9 Å². The van der Waals surface area contributed by atoms with Gasteiger partial charge in [-0.05, 0) is 49.2 Å². The number of anilines is 1. The maximum absolute atomic E-state index is 13.3. The Kier molecular flexibility index (Phi) is 7.96. The molecule has 2 aromatic carbocycles. The van der Waals surface area contributed by atoms with Gasteiger partial charge in [-0.3, -0.25) is 9.59 Å². The largest absolute Gasteiger partial charge is 0.376 e. The van der Waals surface area contributed by atoms with Crippen molar-refractivity contribution in [2.75, 3.05) is 50.8 Å². The second kappa shape index (κ2) is 11.7. The maximum atomic E-state index is 13.3.